The molecule has 0 radical (unpaired) electrons. The van der Waals surface area contributed by atoms with Crippen molar-refractivity contribution < 1.29 is 5.11 Å². The highest BCUT2D eigenvalue weighted by Gasteiger charge is 2.10. The van der Waals surface area contributed by atoms with Gasteiger partial charge >= 0.3 is 0 Å². The maximum atomic E-state index is 9.59. The van der Waals surface area contributed by atoms with E-state index in [-0.39, 0.29) is 6.10 Å². The minimum absolute atomic E-state index is 0.279. The first-order valence-electron chi connectivity index (χ1n) is 5.86. The van der Waals surface area contributed by atoms with Crippen molar-refractivity contribution in [3.8, 4) is 0 Å². The summed E-state index contributed by atoms with van der Waals surface area (Å²) in [6, 6.07) is 5.83. The van der Waals surface area contributed by atoms with Gasteiger partial charge in [-0.05, 0) is 25.6 Å². The van der Waals surface area contributed by atoms with Crippen molar-refractivity contribution in [3.05, 3.63) is 30.2 Å². The molecule has 0 aliphatic carbocycles. The molecule has 1 unspecified atom stereocenters. The minimum atomic E-state index is -0.279. The third-order valence-electron chi connectivity index (χ3n) is 2.79. The predicted molar refractivity (Wildman–Crippen MR) is 65.6 cm³/mol. The van der Waals surface area contributed by atoms with Crippen LogP contribution in [0.15, 0.2) is 24.4 Å². The van der Waals surface area contributed by atoms with E-state index in [0.29, 0.717) is 13.1 Å². The number of hydrogen-bond donors (Lipinski definition) is 1. The van der Waals surface area contributed by atoms with E-state index in [1.54, 1.807) is 0 Å². The Morgan fingerprint density at radius 1 is 1.41 bits per heavy atom. The second kappa shape index (κ2) is 5.25. The summed E-state index contributed by atoms with van der Waals surface area (Å²) in [5, 5.41) is 17.8. The van der Waals surface area contributed by atoms with Crippen LogP contribution in [0, 0.1) is 0 Å². The van der Waals surface area contributed by atoms with Gasteiger partial charge in [-0.25, -0.2) is 0 Å². The number of nitrogens with zero attached hydrogens (tertiary/aromatic N) is 4. The highest BCUT2D eigenvalue weighted by molar-refractivity contribution is 5.36. The molecule has 5 nitrogen and oxygen atoms in total. The highest BCUT2D eigenvalue weighted by atomic mass is 16.3. The Balaban J connectivity index is 2.08. The Morgan fingerprint density at radius 2 is 2.24 bits per heavy atom. The monoisotopic (exact) mass is 234 g/mol. The lowest BCUT2D eigenvalue weighted by molar-refractivity contribution is 0.118. The lowest BCUT2D eigenvalue weighted by Crippen LogP contribution is -2.29. The maximum Gasteiger partial charge on any atom is 0.160 e. The Kier molecular flexibility index (Phi) is 3.71. The van der Waals surface area contributed by atoms with Crippen LogP contribution in [0.25, 0.3) is 5.65 Å². The zero-order valence-electron chi connectivity index (χ0n) is 10.2. The van der Waals surface area contributed by atoms with Crippen LogP contribution in [0.3, 0.4) is 0 Å². The molecule has 0 fully saturated rings. The van der Waals surface area contributed by atoms with E-state index in [2.05, 4.69) is 15.1 Å². The van der Waals surface area contributed by atoms with Crippen LogP contribution < -0.4 is 0 Å². The molecule has 0 aliphatic heterocycles. The summed E-state index contributed by atoms with van der Waals surface area (Å²) in [5.41, 5.74) is 0.854. The molecule has 0 spiro atoms. The van der Waals surface area contributed by atoms with Gasteiger partial charge in [-0.15, -0.1) is 10.2 Å². The SMILES string of the molecule is CCC(O)CN(C)Cc1nnc2ccccn12. The lowest BCUT2D eigenvalue weighted by atomic mass is 10.2. The van der Waals surface area contributed by atoms with Crippen LogP contribution in [0.4, 0.5) is 0 Å². The van der Waals surface area contributed by atoms with Gasteiger partial charge in [0.1, 0.15) is 0 Å². The van der Waals surface area contributed by atoms with E-state index < -0.39 is 0 Å². The Labute approximate surface area is 101 Å². The van der Waals surface area contributed by atoms with Crippen LogP contribution in [0.2, 0.25) is 0 Å². The van der Waals surface area contributed by atoms with Gasteiger partial charge in [0.05, 0.1) is 12.6 Å². The minimum Gasteiger partial charge on any atom is -0.392 e. The van der Waals surface area contributed by atoms with E-state index in [0.717, 1.165) is 17.9 Å². The van der Waals surface area contributed by atoms with Crippen molar-refractivity contribution in [2.45, 2.75) is 26.0 Å². The number of aliphatic hydroxyl groups is 1. The first-order valence-corrected chi connectivity index (χ1v) is 5.86. The van der Waals surface area contributed by atoms with Crippen LogP contribution in [0.1, 0.15) is 19.2 Å². The van der Waals surface area contributed by atoms with Gasteiger partial charge in [0.2, 0.25) is 0 Å². The normalized spacial score (nSPS) is 13.4. The van der Waals surface area contributed by atoms with Crippen molar-refractivity contribution in [1.82, 2.24) is 19.5 Å². The van der Waals surface area contributed by atoms with Gasteiger partial charge in [0.15, 0.2) is 11.5 Å². The molecule has 5 heteroatoms. The van der Waals surface area contributed by atoms with Gasteiger partial charge in [0, 0.05) is 12.7 Å². The van der Waals surface area contributed by atoms with Crippen molar-refractivity contribution >= 4 is 5.65 Å². The molecule has 1 N–H and O–H groups in total. The molecule has 1 atom stereocenters. The van der Waals surface area contributed by atoms with E-state index in [1.807, 2.05) is 42.8 Å². The zero-order valence-corrected chi connectivity index (χ0v) is 10.2. The molecule has 2 aromatic heterocycles. The molecule has 17 heavy (non-hydrogen) atoms. The molecular weight excluding hydrogens is 216 g/mol. The van der Waals surface area contributed by atoms with Gasteiger partial charge in [-0.1, -0.05) is 13.0 Å². The van der Waals surface area contributed by atoms with Crippen molar-refractivity contribution in [3.63, 3.8) is 0 Å². The van der Waals surface area contributed by atoms with Gasteiger partial charge in [-0.3, -0.25) is 9.30 Å². The molecule has 0 saturated heterocycles. The smallest absolute Gasteiger partial charge is 0.160 e. The quantitative estimate of drug-likeness (QED) is 0.836. The first-order chi connectivity index (χ1) is 8.20. The summed E-state index contributed by atoms with van der Waals surface area (Å²) < 4.78 is 1.97. The second-order valence-corrected chi connectivity index (χ2v) is 4.30. The number of hydrogen-bond acceptors (Lipinski definition) is 4. The lowest BCUT2D eigenvalue weighted by Gasteiger charge is -2.18. The Morgan fingerprint density at radius 3 is 3.00 bits per heavy atom. The first kappa shape index (κ1) is 12.0. The largest absolute Gasteiger partial charge is 0.392 e. The molecule has 2 aromatic rings. The van der Waals surface area contributed by atoms with Crippen LogP contribution in [0.5, 0.6) is 0 Å². The number of likely N-dealkylation sites (N-methyl/N-ethyl adjacent to an activating group) is 1. The number of aliphatic hydroxyl groups excluding tert-OH is 1. The fourth-order valence-corrected chi connectivity index (χ4v) is 1.79. The van der Waals surface area contributed by atoms with E-state index in [9.17, 15) is 5.11 Å². The van der Waals surface area contributed by atoms with Gasteiger partial charge in [0.25, 0.3) is 0 Å². The summed E-state index contributed by atoms with van der Waals surface area (Å²) in [4.78, 5) is 2.05. The highest BCUT2D eigenvalue weighted by Crippen LogP contribution is 2.05. The van der Waals surface area contributed by atoms with Crippen molar-refractivity contribution in [1.29, 1.82) is 0 Å². The molecule has 2 rings (SSSR count). The number of aromatic nitrogens is 3. The summed E-state index contributed by atoms with van der Waals surface area (Å²) in [7, 11) is 1.98. The standard InChI is InChI=1S/C12H18N4O/c1-3-10(17)8-15(2)9-12-14-13-11-6-4-5-7-16(11)12/h4-7,10,17H,3,8-9H2,1-2H3. The molecular formula is C12H18N4O. The van der Waals surface area contributed by atoms with Gasteiger partial charge < -0.3 is 5.11 Å². The fraction of sp³-hybridized carbons (Fsp3) is 0.500. The van der Waals surface area contributed by atoms with E-state index >= 15 is 0 Å². The molecule has 0 amide bonds. The molecule has 2 heterocycles. The van der Waals surface area contributed by atoms with E-state index in [4.69, 9.17) is 0 Å². The van der Waals surface area contributed by atoms with Gasteiger partial charge in [-0.2, -0.15) is 0 Å². The van der Waals surface area contributed by atoms with Crippen LogP contribution in [-0.4, -0.2) is 44.3 Å². The number of rotatable bonds is 5. The third-order valence-corrected chi connectivity index (χ3v) is 2.79. The van der Waals surface area contributed by atoms with Crippen molar-refractivity contribution in [2.75, 3.05) is 13.6 Å². The number of fused-ring (bicyclic) bond motifs is 1. The third kappa shape index (κ3) is 2.81. The summed E-state index contributed by atoms with van der Waals surface area (Å²) in [5.74, 6) is 0.895. The topological polar surface area (TPSA) is 53.7 Å². The number of pyridine rings is 1. The van der Waals surface area contributed by atoms with Crippen LogP contribution in [-0.2, 0) is 6.54 Å². The second-order valence-electron chi connectivity index (χ2n) is 4.30. The molecule has 0 aliphatic rings. The van der Waals surface area contributed by atoms with E-state index in [1.165, 1.54) is 0 Å². The molecule has 92 valence electrons. The summed E-state index contributed by atoms with van der Waals surface area (Å²) >= 11 is 0. The Hall–Kier alpha value is -1.46. The molecule has 0 saturated carbocycles. The fourth-order valence-electron chi connectivity index (χ4n) is 1.79. The predicted octanol–water partition coefficient (Wildman–Crippen LogP) is 0.932. The van der Waals surface area contributed by atoms with Crippen LogP contribution >= 0.6 is 0 Å². The average molecular weight is 234 g/mol. The Bertz CT molecular complexity index is 482. The zero-order chi connectivity index (χ0) is 12.3. The van der Waals surface area contributed by atoms with Crippen molar-refractivity contribution in [2.24, 2.45) is 0 Å². The maximum absolute atomic E-state index is 9.59. The average Bonchev–Trinajstić information content (AvgIpc) is 2.72. The molecule has 0 aromatic carbocycles. The summed E-state index contributed by atoms with van der Waals surface area (Å²) in [6.45, 7) is 3.31. The summed E-state index contributed by atoms with van der Waals surface area (Å²) in [6.07, 6.45) is 2.44. The molecule has 0 bridgehead atoms.